The van der Waals surface area contributed by atoms with Crippen molar-refractivity contribution in [3.8, 4) is 0 Å². The summed E-state index contributed by atoms with van der Waals surface area (Å²) in [5, 5.41) is 0. The Hall–Kier alpha value is -3.09. The van der Waals surface area contributed by atoms with Gasteiger partial charge in [-0.15, -0.1) is 0 Å². The molecular formula is C24H28N4O3. The zero-order chi connectivity index (χ0) is 21.7. The largest absolute Gasteiger partial charge is 0.465 e. The summed E-state index contributed by atoms with van der Waals surface area (Å²) in [6, 6.07) is 9.86. The second kappa shape index (κ2) is 7.55. The van der Waals surface area contributed by atoms with Crippen LogP contribution in [0.15, 0.2) is 30.3 Å². The number of fused-ring (bicyclic) bond motifs is 2. The van der Waals surface area contributed by atoms with Crippen molar-refractivity contribution in [3.63, 3.8) is 0 Å². The van der Waals surface area contributed by atoms with E-state index in [-0.39, 0.29) is 17.9 Å². The summed E-state index contributed by atoms with van der Waals surface area (Å²) in [6.45, 7) is 2.80. The molecule has 0 saturated heterocycles. The van der Waals surface area contributed by atoms with Crippen molar-refractivity contribution < 1.29 is 14.3 Å². The summed E-state index contributed by atoms with van der Waals surface area (Å²) < 4.78 is 4.86. The van der Waals surface area contributed by atoms with Gasteiger partial charge in [0.05, 0.1) is 18.4 Å². The van der Waals surface area contributed by atoms with Crippen LogP contribution in [0.2, 0.25) is 0 Å². The molecule has 1 aliphatic carbocycles. The van der Waals surface area contributed by atoms with Gasteiger partial charge in [0.15, 0.2) is 5.82 Å². The average Bonchev–Trinajstić information content (AvgIpc) is 3.46. The third-order valence-corrected chi connectivity index (χ3v) is 6.94. The lowest BCUT2D eigenvalue weighted by Gasteiger charge is -2.43. The molecule has 0 N–H and O–H groups in total. The van der Waals surface area contributed by atoms with Crippen LogP contribution < -0.4 is 14.7 Å². The van der Waals surface area contributed by atoms with Crippen LogP contribution in [0.1, 0.15) is 48.5 Å². The van der Waals surface area contributed by atoms with Crippen LogP contribution in [0.5, 0.6) is 0 Å². The van der Waals surface area contributed by atoms with Gasteiger partial charge in [-0.05, 0) is 62.1 Å². The molecule has 2 aromatic rings. The number of nitrogens with zero attached hydrogens (tertiary/aromatic N) is 4. The number of rotatable bonds is 3. The lowest BCUT2D eigenvalue weighted by Crippen LogP contribution is -2.54. The number of aromatic nitrogens is 1. The number of amides is 1. The van der Waals surface area contributed by atoms with Crippen molar-refractivity contribution in [2.24, 2.45) is 0 Å². The maximum Gasteiger partial charge on any atom is 0.337 e. The number of methoxy groups -OCH3 is 1. The lowest BCUT2D eigenvalue weighted by atomic mass is 10.1. The van der Waals surface area contributed by atoms with E-state index in [2.05, 4.69) is 9.80 Å². The Kier molecular flexibility index (Phi) is 4.84. The van der Waals surface area contributed by atoms with Crippen LogP contribution in [-0.2, 0) is 16.0 Å². The minimum absolute atomic E-state index is 0.121. The highest BCUT2D eigenvalue weighted by Crippen LogP contribution is 2.42. The zero-order valence-corrected chi connectivity index (χ0v) is 18.3. The van der Waals surface area contributed by atoms with Crippen LogP contribution in [0.25, 0.3) is 0 Å². The summed E-state index contributed by atoms with van der Waals surface area (Å²) in [6.07, 6.45) is 5.47. The van der Waals surface area contributed by atoms with Crippen molar-refractivity contribution in [2.75, 3.05) is 35.4 Å². The van der Waals surface area contributed by atoms with Crippen molar-refractivity contribution >= 4 is 34.9 Å². The second-order valence-corrected chi connectivity index (χ2v) is 8.67. The highest BCUT2D eigenvalue weighted by Gasteiger charge is 2.39. The molecule has 31 heavy (non-hydrogen) atoms. The fraction of sp³-hybridized carbons (Fsp3) is 0.458. The maximum atomic E-state index is 12.9. The first-order valence-corrected chi connectivity index (χ1v) is 11.1. The highest BCUT2D eigenvalue weighted by atomic mass is 16.5. The predicted octanol–water partition coefficient (Wildman–Crippen LogP) is 3.68. The van der Waals surface area contributed by atoms with E-state index in [4.69, 9.17) is 9.72 Å². The number of esters is 1. The smallest absolute Gasteiger partial charge is 0.337 e. The van der Waals surface area contributed by atoms with Crippen LogP contribution in [0.4, 0.5) is 23.0 Å². The van der Waals surface area contributed by atoms with Gasteiger partial charge in [-0.3, -0.25) is 4.79 Å². The number of ether oxygens (including phenoxy) is 1. The van der Waals surface area contributed by atoms with Gasteiger partial charge in [-0.1, -0.05) is 12.8 Å². The molecular weight excluding hydrogens is 392 g/mol. The molecule has 0 spiro atoms. The average molecular weight is 421 g/mol. The first-order valence-electron chi connectivity index (χ1n) is 11.1. The molecule has 7 heteroatoms. The minimum atomic E-state index is -0.318. The molecule has 1 atom stereocenters. The Morgan fingerprint density at radius 3 is 2.61 bits per heavy atom. The number of hydrogen-bond donors (Lipinski definition) is 0. The second-order valence-electron chi connectivity index (χ2n) is 8.67. The Bertz CT molecular complexity index is 1050. The van der Waals surface area contributed by atoms with Crippen molar-refractivity contribution in [1.29, 1.82) is 0 Å². The van der Waals surface area contributed by atoms with Gasteiger partial charge in [-0.2, -0.15) is 0 Å². The van der Waals surface area contributed by atoms with E-state index in [1.165, 1.54) is 20.0 Å². The van der Waals surface area contributed by atoms with Crippen molar-refractivity contribution in [1.82, 2.24) is 4.98 Å². The molecule has 0 radical (unpaired) electrons. The van der Waals surface area contributed by atoms with E-state index in [0.717, 1.165) is 54.4 Å². The van der Waals surface area contributed by atoms with E-state index < -0.39 is 0 Å². The summed E-state index contributed by atoms with van der Waals surface area (Å²) in [5.74, 6) is 1.58. The van der Waals surface area contributed by atoms with Gasteiger partial charge in [0.1, 0.15) is 11.9 Å². The normalized spacial score (nSPS) is 20.8. The monoisotopic (exact) mass is 420 g/mol. The topological polar surface area (TPSA) is 66.0 Å². The lowest BCUT2D eigenvalue weighted by molar-refractivity contribution is -0.119. The third-order valence-electron chi connectivity index (χ3n) is 6.94. The van der Waals surface area contributed by atoms with E-state index in [0.29, 0.717) is 11.6 Å². The van der Waals surface area contributed by atoms with Gasteiger partial charge >= 0.3 is 5.97 Å². The maximum absolute atomic E-state index is 12.9. The molecule has 3 aliphatic rings. The first-order chi connectivity index (χ1) is 15.0. The quantitative estimate of drug-likeness (QED) is 0.706. The van der Waals surface area contributed by atoms with Crippen molar-refractivity contribution in [2.45, 2.75) is 51.1 Å². The predicted molar refractivity (Wildman–Crippen MR) is 120 cm³/mol. The molecule has 1 aromatic carbocycles. The molecule has 1 amide bonds. The Balaban J connectivity index is 1.54. The number of anilines is 4. The fourth-order valence-electron chi connectivity index (χ4n) is 5.29. The van der Waals surface area contributed by atoms with Gasteiger partial charge in [0, 0.05) is 25.3 Å². The van der Waals surface area contributed by atoms with Crippen LogP contribution in [-0.4, -0.2) is 49.6 Å². The molecule has 3 heterocycles. The minimum Gasteiger partial charge on any atom is -0.465 e. The van der Waals surface area contributed by atoms with Crippen molar-refractivity contribution in [3.05, 3.63) is 41.5 Å². The van der Waals surface area contributed by atoms with E-state index in [1.807, 2.05) is 38.2 Å². The number of hydrogen-bond acceptors (Lipinski definition) is 6. The highest BCUT2D eigenvalue weighted by molar-refractivity contribution is 6.04. The number of pyridine rings is 1. The summed E-state index contributed by atoms with van der Waals surface area (Å²) >= 11 is 0. The molecule has 1 fully saturated rings. The van der Waals surface area contributed by atoms with E-state index in [1.54, 1.807) is 11.0 Å². The number of carbonyl (C=O) groups is 2. The molecule has 1 aromatic heterocycles. The Morgan fingerprint density at radius 1 is 1.13 bits per heavy atom. The standard InChI is InChI=1S/C24H28N4O3/c1-15-23(29)26(2)20-10-11-21(25-22(20)28(15)18-6-4-5-7-18)27-13-12-16-14-17(24(30)31-3)8-9-19(16)27/h8-11,14-15,18H,4-7,12-13H2,1-3H3/t15-/m1/s1. The summed E-state index contributed by atoms with van der Waals surface area (Å²) in [7, 11) is 3.24. The molecule has 162 valence electrons. The molecule has 5 rings (SSSR count). The molecule has 1 saturated carbocycles. The zero-order valence-electron chi connectivity index (χ0n) is 18.3. The number of benzene rings is 1. The summed E-state index contributed by atoms with van der Waals surface area (Å²) in [4.78, 5) is 36.1. The van der Waals surface area contributed by atoms with E-state index in [9.17, 15) is 9.59 Å². The Labute approximate surface area is 182 Å². The van der Waals surface area contributed by atoms with E-state index >= 15 is 0 Å². The van der Waals surface area contributed by atoms with Crippen LogP contribution in [0, 0.1) is 0 Å². The number of carbonyl (C=O) groups excluding carboxylic acids is 2. The Morgan fingerprint density at radius 2 is 1.87 bits per heavy atom. The molecule has 2 aliphatic heterocycles. The summed E-state index contributed by atoms with van der Waals surface area (Å²) in [5.41, 5.74) is 3.64. The number of likely N-dealkylation sites (N-methyl/N-ethyl adjacent to an activating group) is 1. The van der Waals surface area contributed by atoms with Gasteiger partial charge in [0.25, 0.3) is 0 Å². The first kappa shape index (κ1) is 19.8. The van der Waals surface area contributed by atoms with Gasteiger partial charge in [0.2, 0.25) is 5.91 Å². The molecule has 0 bridgehead atoms. The SMILES string of the molecule is COC(=O)c1ccc2c(c1)CCN2c1ccc2c(n1)N(C1CCCC1)[C@H](C)C(=O)N2C. The van der Waals surface area contributed by atoms with Gasteiger partial charge in [-0.25, -0.2) is 9.78 Å². The van der Waals surface area contributed by atoms with Crippen LogP contribution in [0.3, 0.4) is 0 Å². The molecule has 7 nitrogen and oxygen atoms in total. The van der Waals surface area contributed by atoms with Gasteiger partial charge < -0.3 is 19.4 Å². The fourth-order valence-corrected chi connectivity index (χ4v) is 5.29. The van der Waals surface area contributed by atoms with Crippen LogP contribution >= 0.6 is 0 Å². The third kappa shape index (κ3) is 3.14. The molecule has 0 unspecified atom stereocenters.